The van der Waals surface area contributed by atoms with Gasteiger partial charge in [-0.15, -0.1) is 11.6 Å². The zero-order valence-corrected chi connectivity index (χ0v) is 30.1. The number of nitrogens with two attached hydrogens (primary N) is 1. The molecule has 47 heavy (non-hydrogen) atoms. The van der Waals surface area contributed by atoms with Gasteiger partial charge in [0.1, 0.15) is 24.2 Å². The van der Waals surface area contributed by atoms with Gasteiger partial charge in [-0.2, -0.15) is 0 Å². The average Bonchev–Trinajstić information content (AvgIpc) is 3.70. The lowest BCUT2D eigenvalue weighted by Crippen LogP contribution is -2.59. The molecule has 0 aromatic rings. The van der Waals surface area contributed by atoms with E-state index in [0.717, 1.165) is 50.9 Å². The summed E-state index contributed by atoms with van der Waals surface area (Å²) in [6, 6.07) is -3.62. The summed E-state index contributed by atoms with van der Waals surface area (Å²) in [5, 5.41) is 7.68. The Kier molecular flexibility index (Phi) is 15.9. The van der Waals surface area contributed by atoms with E-state index < -0.39 is 59.2 Å². The topological polar surface area (TPSA) is 177 Å². The molecule has 1 heterocycles. The number of hydrogen-bond donors (Lipinski definition) is 4. The Hall–Kier alpha value is -2.89. The molecule has 0 aromatic carbocycles. The Labute approximate surface area is 285 Å². The molecule has 12 nitrogen and oxygen atoms in total. The molecule has 5 amide bonds. The van der Waals surface area contributed by atoms with Crippen LogP contribution in [0.15, 0.2) is 0 Å². The normalized spacial score (nSPS) is 21.9. The van der Waals surface area contributed by atoms with Gasteiger partial charge in [-0.25, -0.2) is 4.79 Å². The smallest absolute Gasteiger partial charge is 0.325 e. The van der Waals surface area contributed by atoms with Crippen molar-refractivity contribution in [3.63, 3.8) is 0 Å². The number of ketones is 1. The molecular formula is C34H58ClN5O7. The number of amides is 5. The number of carbonyl (C=O) groups is 6. The lowest BCUT2D eigenvalue weighted by molar-refractivity contribution is -0.153. The highest BCUT2D eigenvalue weighted by molar-refractivity contribution is 6.37. The highest BCUT2D eigenvalue weighted by Gasteiger charge is 2.46. The first kappa shape index (κ1) is 40.3. The number of alkyl halides is 1. The van der Waals surface area contributed by atoms with E-state index in [9.17, 15) is 28.8 Å². The zero-order valence-electron chi connectivity index (χ0n) is 29.4. The van der Waals surface area contributed by atoms with Crippen molar-refractivity contribution in [3.05, 3.63) is 0 Å². The van der Waals surface area contributed by atoms with Gasteiger partial charge in [-0.05, 0) is 76.5 Å². The molecule has 1 saturated heterocycles. The van der Waals surface area contributed by atoms with E-state index in [1.54, 1.807) is 20.8 Å². The van der Waals surface area contributed by atoms with Crippen molar-refractivity contribution < 1.29 is 33.5 Å². The fourth-order valence-electron chi connectivity index (χ4n) is 6.06. The van der Waals surface area contributed by atoms with E-state index in [1.165, 1.54) is 4.90 Å². The van der Waals surface area contributed by atoms with Crippen LogP contribution in [0.4, 0.5) is 4.79 Å². The number of ether oxygens (including phenoxy) is 1. The maximum Gasteiger partial charge on any atom is 0.325 e. The number of nitrogens with one attached hydrogen (secondary N) is 3. The van der Waals surface area contributed by atoms with Crippen LogP contribution in [0.2, 0.25) is 0 Å². The largest absolute Gasteiger partial charge is 0.459 e. The second-order valence-electron chi connectivity index (χ2n) is 14.9. The first-order chi connectivity index (χ1) is 21.9. The number of primary amides is 1. The van der Waals surface area contributed by atoms with E-state index in [1.807, 2.05) is 6.92 Å². The average molecular weight is 684 g/mol. The van der Waals surface area contributed by atoms with Crippen molar-refractivity contribution in [2.24, 2.45) is 29.4 Å². The molecule has 268 valence electrons. The van der Waals surface area contributed by atoms with Crippen molar-refractivity contribution in [2.75, 3.05) is 13.1 Å². The predicted molar refractivity (Wildman–Crippen MR) is 180 cm³/mol. The van der Waals surface area contributed by atoms with Crippen molar-refractivity contribution in [3.8, 4) is 0 Å². The number of likely N-dealkylation sites (tertiary alicyclic amines) is 1. The Balaban J connectivity index is 0.00000181. The highest BCUT2D eigenvalue weighted by atomic mass is 35.5. The van der Waals surface area contributed by atoms with Crippen LogP contribution < -0.4 is 21.7 Å². The minimum Gasteiger partial charge on any atom is -0.459 e. The summed E-state index contributed by atoms with van der Waals surface area (Å²) >= 11 is 6.61. The van der Waals surface area contributed by atoms with Gasteiger partial charge in [-0.1, -0.05) is 59.8 Å². The van der Waals surface area contributed by atoms with Crippen molar-refractivity contribution >= 4 is 47.1 Å². The van der Waals surface area contributed by atoms with E-state index in [0.29, 0.717) is 12.8 Å². The van der Waals surface area contributed by atoms with Crippen LogP contribution in [0.3, 0.4) is 0 Å². The summed E-state index contributed by atoms with van der Waals surface area (Å²) in [4.78, 5) is 78.6. The molecule has 0 aromatic heterocycles. The number of hydrogen-bond acceptors (Lipinski definition) is 7. The molecule has 0 spiro atoms. The van der Waals surface area contributed by atoms with Crippen molar-refractivity contribution in [2.45, 2.75) is 142 Å². The van der Waals surface area contributed by atoms with Gasteiger partial charge >= 0.3 is 12.0 Å². The minimum atomic E-state index is -1.12. The monoisotopic (exact) mass is 683 g/mol. The van der Waals surface area contributed by atoms with Gasteiger partial charge in [-0.3, -0.25) is 24.0 Å². The lowest BCUT2D eigenvalue weighted by Gasteiger charge is -2.35. The molecular weight excluding hydrogens is 626 g/mol. The van der Waals surface area contributed by atoms with E-state index in [-0.39, 0.29) is 42.6 Å². The van der Waals surface area contributed by atoms with Crippen LogP contribution in [0.25, 0.3) is 0 Å². The third-order valence-electron chi connectivity index (χ3n) is 8.45. The number of nitrogens with zero attached hydrogens (tertiary/aromatic N) is 1. The summed E-state index contributed by atoms with van der Waals surface area (Å²) in [6.45, 7) is 13.4. The number of urea groups is 1. The second-order valence-corrected chi connectivity index (χ2v) is 15.5. The van der Waals surface area contributed by atoms with E-state index in [2.05, 4.69) is 36.7 Å². The minimum absolute atomic E-state index is 0.159. The van der Waals surface area contributed by atoms with Gasteiger partial charge in [0, 0.05) is 11.9 Å². The molecule has 2 aliphatic carbocycles. The molecule has 2 saturated carbocycles. The Bertz CT molecular complexity index is 1100. The van der Waals surface area contributed by atoms with Crippen LogP contribution in [-0.4, -0.2) is 82.6 Å². The Morgan fingerprint density at radius 2 is 1.53 bits per heavy atom. The maximum atomic E-state index is 14.2. The quantitative estimate of drug-likeness (QED) is 0.130. The molecule has 0 radical (unpaired) electrons. The first-order valence-corrected chi connectivity index (χ1v) is 17.7. The predicted octanol–water partition coefficient (Wildman–Crippen LogP) is 3.81. The Morgan fingerprint density at radius 1 is 0.936 bits per heavy atom. The van der Waals surface area contributed by atoms with Crippen molar-refractivity contribution in [1.82, 2.24) is 20.9 Å². The van der Waals surface area contributed by atoms with E-state index in [4.69, 9.17) is 22.1 Å². The molecule has 13 heteroatoms. The molecule has 0 bridgehead atoms. The summed E-state index contributed by atoms with van der Waals surface area (Å²) in [5.74, 6) is -2.83. The third-order valence-corrected chi connectivity index (χ3v) is 9.11. The number of halogens is 1. The molecule has 3 aliphatic rings. The van der Waals surface area contributed by atoms with Crippen LogP contribution in [-0.2, 0) is 28.7 Å². The molecule has 5 atom stereocenters. The number of Topliss-reactive ketones (excluding diaryl/α,β-unsaturated/α-hetero) is 1. The fourth-order valence-corrected chi connectivity index (χ4v) is 6.25. The molecule has 1 aliphatic heterocycles. The second kappa shape index (κ2) is 18.6. The zero-order chi connectivity index (χ0) is 35.5. The highest BCUT2D eigenvalue weighted by Crippen LogP contribution is 2.35. The van der Waals surface area contributed by atoms with E-state index >= 15 is 0 Å². The van der Waals surface area contributed by atoms with Gasteiger partial charge in [0.2, 0.25) is 17.6 Å². The summed E-state index contributed by atoms with van der Waals surface area (Å²) in [6.07, 6.45) is 7.32. The maximum absolute atomic E-state index is 14.2. The lowest BCUT2D eigenvalue weighted by atomic mass is 9.83. The number of carbonyl (C=O) groups excluding carboxylic acids is 6. The van der Waals surface area contributed by atoms with Crippen molar-refractivity contribution in [1.29, 1.82) is 0 Å². The molecule has 3 fully saturated rings. The summed E-state index contributed by atoms with van der Waals surface area (Å²) in [7, 11) is 0. The standard InChI is InChI=1S/C30H48ClN5O7.C4H10/c1-5-20(31)19-14-22(27(40)34-21(13-17-11-12-17)25(38)26(32)39)36(16-19)28(41)24(18-9-7-6-8-10-18)35-29(42)33-15-23(37)43-30(2,3)4;1-4(2)3/h17-22,24H,5-16H2,1-4H3,(H2,32,39)(H,34,40)(H2,33,35,42);4H,1-3H3/t19-,20?,21?,22?,24?;/m1./s1. The number of rotatable bonds is 13. The SMILES string of the molecule is CC(C)C.CCC(Cl)[C@@H]1CC(C(=O)NC(CC2CC2)C(=O)C(N)=O)N(C(=O)C(NC(=O)NCC(=O)OC(C)(C)C)C2CCCCC2)C1. The molecule has 5 N–H and O–H groups in total. The third kappa shape index (κ3) is 14.0. The molecule has 4 unspecified atom stereocenters. The summed E-state index contributed by atoms with van der Waals surface area (Å²) < 4.78 is 5.25. The van der Waals surface area contributed by atoms with Gasteiger partial charge < -0.3 is 31.3 Å². The fraction of sp³-hybridized carbons (Fsp3) is 0.824. The van der Waals surface area contributed by atoms with Crippen LogP contribution >= 0.6 is 11.6 Å². The Morgan fingerprint density at radius 3 is 2.04 bits per heavy atom. The van der Waals surface area contributed by atoms with Gasteiger partial charge in [0.25, 0.3) is 5.91 Å². The first-order valence-electron chi connectivity index (χ1n) is 17.3. The number of esters is 1. The van der Waals surface area contributed by atoms with Crippen LogP contribution in [0.1, 0.15) is 113 Å². The van der Waals surface area contributed by atoms with Crippen LogP contribution in [0, 0.1) is 23.7 Å². The molecule has 3 rings (SSSR count). The van der Waals surface area contributed by atoms with Gasteiger partial charge in [0.15, 0.2) is 0 Å². The van der Waals surface area contributed by atoms with Crippen LogP contribution in [0.5, 0.6) is 0 Å². The van der Waals surface area contributed by atoms with Gasteiger partial charge in [0.05, 0.1) is 6.04 Å². The summed E-state index contributed by atoms with van der Waals surface area (Å²) in [5.41, 5.74) is 4.55.